The van der Waals surface area contributed by atoms with Crippen molar-refractivity contribution in [3.05, 3.63) is 89.2 Å². The van der Waals surface area contributed by atoms with Crippen molar-refractivity contribution >= 4 is 23.7 Å². The topological polar surface area (TPSA) is 95.9 Å². The molecule has 0 radical (unpaired) electrons. The van der Waals surface area contributed by atoms with Gasteiger partial charge in [-0.1, -0.05) is 55.5 Å². The number of nitrogens with one attached hydrogen (secondary N) is 1. The van der Waals surface area contributed by atoms with Crippen molar-refractivity contribution < 1.29 is 28.6 Å². The van der Waals surface area contributed by atoms with Crippen LogP contribution in [0.5, 0.6) is 0 Å². The lowest BCUT2D eigenvalue weighted by Gasteiger charge is -2.20. The minimum Gasteiger partial charge on any atom is -0.481 e. The van der Waals surface area contributed by atoms with Gasteiger partial charge in [0.25, 0.3) is 5.91 Å². The molecule has 8 heteroatoms. The number of ether oxygens (including phenoxy) is 1. The molecule has 0 saturated heterocycles. The van der Waals surface area contributed by atoms with Crippen molar-refractivity contribution in [1.29, 1.82) is 0 Å². The summed E-state index contributed by atoms with van der Waals surface area (Å²) in [5, 5.41) is 11.5. The maximum absolute atomic E-state index is 14.2. The van der Waals surface area contributed by atoms with E-state index in [1.165, 1.54) is 24.9 Å². The van der Waals surface area contributed by atoms with E-state index in [-0.39, 0.29) is 30.3 Å². The highest BCUT2D eigenvalue weighted by Crippen LogP contribution is 2.44. The Bertz CT molecular complexity index is 1250. The van der Waals surface area contributed by atoms with Crippen molar-refractivity contribution in [2.75, 3.05) is 25.5 Å². The van der Waals surface area contributed by atoms with Crippen LogP contribution in [0.1, 0.15) is 34.3 Å². The van der Waals surface area contributed by atoms with Crippen LogP contribution in [0.3, 0.4) is 0 Å². The molecule has 2 amide bonds. The molecule has 0 aliphatic heterocycles. The number of rotatable bonds is 7. The molecule has 4 rings (SSSR count). The Morgan fingerprint density at radius 2 is 1.63 bits per heavy atom. The zero-order valence-corrected chi connectivity index (χ0v) is 19.3. The van der Waals surface area contributed by atoms with Gasteiger partial charge < -0.3 is 14.7 Å². The fourth-order valence-electron chi connectivity index (χ4n) is 4.33. The van der Waals surface area contributed by atoms with Crippen LogP contribution in [0.4, 0.5) is 14.9 Å². The van der Waals surface area contributed by atoms with E-state index in [9.17, 15) is 18.8 Å². The molecule has 0 heterocycles. The Kier molecular flexibility index (Phi) is 6.82. The lowest BCUT2D eigenvalue weighted by molar-refractivity contribution is -0.141. The van der Waals surface area contributed by atoms with Gasteiger partial charge in [-0.2, -0.15) is 0 Å². The zero-order valence-electron chi connectivity index (χ0n) is 19.3. The van der Waals surface area contributed by atoms with E-state index < -0.39 is 29.7 Å². The molecule has 0 fully saturated rings. The summed E-state index contributed by atoms with van der Waals surface area (Å²) in [6.45, 7) is 1.53. The summed E-state index contributed by atoms with van der Waals surface area (Å²) in [7, 11) is 1.44. The summed E-state index contributed by atoms with van der Waals surface area (Å²) in [5.41, 5.74) is 4.39. The molecule has 0 spiro atoms. The summed E-state index contributed by atoms with van der Waals surface area (Å²) in [6.07, 6.45) is -0.774. The molecule has 2 N–H and O–H groups in total. The Hall–Kier alpha value is -4.20. The number of amides is 2. The Morgan fingerprint density at radius 3 is 2.23 bits per heavy atom. The minimum atomic E-state index is -1.04. The molecule has 35 heavy (non-hydrogen) atoms. The van der Waals surface area contributed by atoms with Gasteiger partial charge in [0.05, 0.1) is 5.92 Å². The van der Waals surface area contributed by atoms with E-state index >= 15 is 0 Å². The number of carboxylic acids is 1. The number of nitrogens with zero attached hydrogens (tertiary/aromatic N) is 1. The Balaban J connectivity index is 1.43. The van der Waals surface area contributed by atoms with Crippen LogP contribution in [-0.2, 0) is 9.53 Å². The maximum Gasteiger partial charge on any atom is 0.411 e. The molecule has 0 aromatic heterocycles. The standard InChI is InChI=1S/C27H25FN2O5/c1-16(26(32)33)14-30(2)25(31)17-11-18(28)13-19(12-17)29-27(34)35-15-24-22-9-5-3-7-20(22)21-8-4-6-10-23(21)24/h3-13,16,24H,14-15H2,1-2H3,(H,29,34)(H,32,33). The zero-order chi connectivity index (χ0) is 25.1. The number of fused-ring (bicyclic) bond motifs is 3. The second kappa shape index (κ2) is 9.97. The molecule has 3 aromatic rings. The summed E-state index contributed by atoms with van der Waals surface area (Å²) in [5.74, 6) is -3.22. The number of carboxylic acid groups (broad SMARTS) is 1. The van der Waals surface area contributed by atoms with Crippen LogP contribution >= 0.6 is 0 Å². The summed E-state index contributed by atoms with van der Waals surface area (Å²) < 4.78 is 19.7. The molecular weight excluding hydrogens is 451 g/mol. The quantitative estimate of drug-likeness (QED) is 0.502. The van der Waals surface area contributed by atoms with Crippen LogP contribution in [0.15, 0.2) is 66.7 Å². The Labute approximate surface area is 202 Å². The number of benzene rings is 3. The normalized spacial score (nSPS) is 12.9. The van der Waals surface area contributed by atoms with E-state index in [1.807, 2.05) is 48.5 Å². The number of anilines is 1. The predicted octanol–water partition coefficient (Wildman–Crippen LogP) is 4.98. The second-order valence-corrected chi connectivity index (χ2v) is 8.60. The van der Waals surface area contributed by atoms with Crippen molar-refractivity contribution in [1.82, 2.24) is 4.90 Å². The van der Waals surface area contributed by atoms with Gasteiger partial charge in [0.15, 0.2) is 0 Å². The number of carbonyl (C=O) groups excluding carboxylic acids is 2. The molecule has 1 atom stereocenters. The van der Waals surface area contributed by atoms with Crippen LogP contribution < -0.4 is 5.32 Å². The van der Waals surface area contributed by atoms with Crippen molar-refractivity contribution in [2.45, 2.75) is 12.8 Å². The smallest absolute Gasteiger partial charge is 0.411 e. The molecule has 180 valence electrons. The highest BCUT2D eigenvalue weighted by Gasteiger charge is 2.29. The first-order valence-electron chi connectivity index (χ1n) is 11.2. The molecule has 0 saturated carbocycles. The average molecular weight is 477 g/mol. The summed E-state index contributed by atoms with van der Waals surface area (Å²) in [4.78, 5) is 37.4. The number of carbonyl (C=O) groups is 3. The van der Waals surface area contributed by atoms with E-state index in [2.05, 4.69) is 5.32 Å². The Morgan fingerprint density at radius 1 is 1.03 bits per heavy atom. The highest BCUT2D eigenvalue weighted by atomic mass is 19.1. The number of hydrogen-bond donors (Lipinski definition) is 2. The highest BCUT2D eigenvalue weighted by molar-refractivity contribution is 5.96. The fourth-order valence-corrected chi connectivity index (χ4v) is 4.33. The monoisotopic (exact) mass is 476 g/mol. The second-order valence-electron chi connectivity index (χ2n) is 8.60. The molecule has 1 aliphatic carbocycles. The van der Waals surface area contributed by atoms with Gasteiger partial charge in [-0.05, 0) is 40.5 Å². The predicted molar refractivity (Wildman–Crippen MR) is 129 cm³/mol. The van der Waals surface area contributed by atoms with Gasteiger partial charge in [-0.3, -0.25) is 14.9 Å². The van der Waals surface area contributed by atoms with E-state index in [4.69, 9.17) is 9.84 Å². The van der Waals surface area contributed by atoms with E-state index in [1.54, 1.807) is 0 Å². The average Bonchev–Trinajstić information content (AvgIpc) is 3.15. The van der Waals surface area contributed by atoms with Crippen LogP contribution in [0.25, 0.3) is 11.1 Å². The first-order valence-corrected chi connectivity index (χ1v) is 11.2. The van der Waals surface area contributed by atoms with Gasteiger partial charge >= 0.3 is 12.1 Å². The minimum absolute atomic E-state index is 0.0148. The van der Waals surface area contributed by atoms with Gasteiger partial charge in [0.2, 0.25) is 0 Å². The molecule has 1 unspecified atom stereocenters. The first kappa shape index (κ1) is 23.9. The maximum atomic E-state index is 14.2. The lowest BCUT2D eigenvalue weighted by atomic mass is 9.98. The molecule has 0 bridgehead atoms. The van der Waals surface area contributed by atoms with Gasteiger partial charge in [0.1, 0.15) is 12.4 Å². The third-order valence-electron chi connectivity index (χ3n) is 6.05. The van der Waals surface area contributed by atoms with Gasteiger partial charge in [-0.15, -0.1) is 0 Å². The third kappa shape index (κ3) is 5.16. The molecule has 3 aromatic carbocycles. The van der Waals surface area contributed by atoms with Crippen LogP contribution in [0, 0.1) is 11.7 Å². The van der Waals surface area contributed by atoms with Crippen LogP contribution in [-0.4, -0.2) is 48.2 Å². The third-order valence-corrected chi connectivity index (χ3v) is 6.05. The number of halogens is 1. The van der Waals surface area contributed by atoms with E-state index in [0.717, 1.165) is 34.4 Å². The van der Waals surface area contributed by atoms with Crippen LogP contribution in [0.2, 0.25) is 0 Å². The van der Waals surface area contributed by atoms with Crippen molar-refractivity contribution in [3.8, 4) is 11.1 Å². The molecule has 7 nitrogen and oxygen atoms in total. The SMILES string of the molecule is CC(CN(C)C(=O)c1cc(F)cc(NC(=O)OCC2c3ccccc3-c3ccccc32)c1)C(=O)O. The lowest BCUT2D eigenvalue weighted by Crippen LogP contribution is -2.33. The van der Waals surface area contributed by atoms with Crippen molar-refractivity contribution in [2.24, 2.45) is 5.92 Å². The largest absolute Gasteiger partial charge is 0.481 e. The summed E-state index contributed by atoms with van der Waals surface area (Å²) in [6, 6.07) is 19.3. The van der Waals surface area contributed by atoms with E-state index in [0.29, 0.717) is 0 Å². The fraction of sp³-hybridized carbons (Fsp3) is 0.222. The van der Waals surface area contributed by atoms with Crippen molar-refractivity contribution in [3.63, 3.8) is 0 Å². The molecular formula is C27H25FN2O5. The number of aliphatic carboxylic acids is 1. The first-order chi connectivity index (χ1) is 16.7. The molecule has 1 aliphatic rings. The van der Waals surface area contributed by atoms with Gasteiger partial charge in [0, 0.05) is 30.8 Å². The van der Waals surface area contributed by atoms with Gasteiger partial charge in [-0.25, -0.2) is 9.18 Å². The summed E-state index contributed by atoms with van der Waals surface area (Å²) >= 11 is 0. The number of hydrogen-bond acceptors (Lipinski definition) is 4.